The van der Waals surface area contributed by atoms with E-state index in [1.54, 1.807) is 0 Å². The minimum absolute atomic E-state index is 0.00914. The predicted octanol–water partition coefficient (Wildman–Crippen LogP) is 6.46. The maximum Gasteiger partial charge on any atom is 0.217 e. The van der Waals surface area contributed by atoms with E-state index in [4.69, 9.17) is 9.47 Å². The van der Waals surface area contributed by atoms with Crippen LogP contribution in [0.4, 0.5) is 0 Å². The van der Waals surface area contributed by atoms with Crippen LogP contribution in [0.2, 0.25) is 0 Å². The van der Waals surface area contributed by atoms with Gasteiger partial charge < -0.3 is 19.9 Å². The molecule has 0 bridgehead atoms. The molecule has 1 heterocycles. The Morgan fingerprint density at radius 2 is 1.71 bits per heavy atom. The van der Waals surface area contributed by atoms with E-state index in [2.05, 4.69) is 59.3 Å². The van der Waals surface area contributed by atoms with Crippen molar-refractivity contribution in [1.82, 2.24) is 10.2 Å². The molecule has 0 unspecified atom stereocenters. The quantitative estimate of drug-likeness (QED) is 0.266. The summed E-state index contributed by atoms with van der Waals surface area (Å²) in [5, 5.41) is 12.4. The summed E-state index contributed by atoms with van der Waals surface area (Å²) >= 11 is 0. The lowest BCUT2D eigenvalue weighted by Gasteiger charge is -2.39. The van der Waals surface area contributed by atoms with E-state index >= 15 is 0 Å². The Bertz CT molecular complexity index is 1280. The minimum Gasteiger partial charge on any atom is -0.392 e. The molecule has 3 atom stereocenters. The van der Waals surface area contributed by atoms with E-state index in [-0.39, 0.29) is 24.7 Å². The fourth-order valence-electron chi connectivity index (χ4n) is 6.10. The molecule has 41 heavy (non-hydrogen) atoms. The van der Waals surface area contributed by atoms with Crippen LogP contribution in [-0.2, 0) is 27.4 Å². The average Bonchev–Trinajstić information content (AvgIpc) is 3.55. The monoisotopic (exact) mass is 554 g/mol. The van der Waals surface area contributed by atoms with Gasteiger partial charge in [-0.3, -0.25) is 9.69 Å². The molecule has 1 aliphatic heterocycles. The number of nitrogens with one attached hydrogen (secondary N) is 1. The van der Waals surface area contributed by atoms with Crippen molar-refractivity contribution in [2.45, 2.75) is 76.7 Å². The molecule has 2 N–H and O–H groups in total. The fraction of sp³-hybridized carbons (Fsp3) is 0.400. The van der Waals surface area contributed by atoms with Gasteiger partial charge in [0.2, 0.25) is 5.91 Å². The SMILES string of the molecule is C=CCN(C[C@@H]1C[C@H](c2ccc(CO)cc2)O[C@H](c2ccc(-c3ccccc3CNC(C)=O)cc2)O1)C1CCCC1. The van der Waals surface area contributed by atoms with E-state index in [0.29, 0.717) is 12.6 Å². The fourth-order valence-corrected chi connectivity index (χ4v) is 6.10. The van der Waals surface area contributed by atoms with Gasteiger partial charge in [-0.25, -0.2) is 0 Å². The summed E-state index contributed by atoms with van der Waals surface area (Å²) in [6.07, 6.45) is 7.22. The normalized spacial score (nSPS) is 21.2. The first-order valence-electron chi connectivity index (χ1n) is 14.8. The number of ether oxygens (including phenoxy) is 2. The molecule has 0 spiro atoms. The van der Waals surface area contributed by atoms with Crippen LogP contribution in [0.1, 0.15) is 73.7 Å². The number of benzene rings is 3. The number of amides is 1. The predicted molar refractivity (Wildman–Crippen MR) is 162 cm³/mol. The zero-order chi connectivity index (χ0) is 28.6. The van der Waals surface area contributed by atoms with Crippen molar-refractivity contribution in [2.75, 3.05) is 13.1 Å². The standard InChI is InChI=1S/C35H42N2O4/c1-3-20-37(31-9-5-6-10-31)23-32-21-34(28-14-12-26(24-38)13-15-28)41-35(40-32)29-18-16-27(17-19-29)33-11-7-4-8-30(33)22-36-25(2)39/h3-4,7-8,11-19,31-32,34-35,38H,1,5-6,9-10,20-24H2,2H3,(H,36,39)/t32-,34+,35+/m0/s1. The molecule has 6 nitrogen and oxygen atoms in total. The molecule has 1 saturated carbocycles. The smallest absolute Gasteiger partial charge is 0.217 e. The summed E-state index contributed by atoms with van der Waals surface area (Å²) in [7, 11) is 0. The number of aliphatic hydroxyl groups excluding tert-OH is 1. The Morgan fingerprint density at radius 1 is 1.00 bits per heavy atom. The second-order valence-corrected chi connectivity index (χ2v) is 11.2. The van der Waals surface area contributed by atoms with Crippen molar-refractivity contribution in [3.63, 3.8) is 0 Å². The third-order valence-corrected chi connectivity index (χ3v) is 8.30. The van der Waals surface area contributed by atoms with Gasteiger partial charge in [-0.05, 0) is 40.7 Å². The van der Waals surface area contributed by atoms with Gasteiger partial charge in [-0.1, -0.05) is 91.7 Å². The van der Waals surface area contributed by atoms with Gasteiger partial charge in [0, 0.05) is 44.6 Å². The van der Waals surface area contributed by atoms with Gasteiger partial charge in [-0.2, -0.15) is 0 Å². The number of hydrogen-bond acceptors (Lipinski definition) is 5. The Hall–Kier alpha value is -3.29. The van der Waals surface area contributed by atoms with Gasteiger partial charge in [0.15, 0.2) is 6.29 Å². The van der Waals surface area contributed by atoms with Crippen molar-refractivity contribution < 1.29 is 19.4 Å². The average molecular weight is 555 g/mol. The molecule has 1 saturated heterocycles. The highest BCUT2D eigenvalue weighted by Gasteiger charge is 2.34. The van der Waals surface area contributed by atoms with Crippen LogP contribution in [0.3, 0.4) is 0 Å². The van der Waals surface area contributed by atoms with E-state index in [0.717, 1.165) is 52.9 Å². The third kappa shape index (κ3) is 7.52. The molecule has 1 amide bonds. The maximum absolute atomic E-state index is 11.5. The number of rotatable bonds is 11. The van der Waals surface area contributed by atoms with Crippen molar-refractivity contribution >= 4 is 5.91 Å². The lowest BCUT2D eigenvalue weighted by molar-refractivity contribution is -0.253. The van der Waals surface area contributed by atoms with Crippen LogP contribution < -0.4 is 5.32 Å². The summed E-state index contributed by atoms with van der Waals surface area (Å²) in [6, 6.07) is 25.1. The Labute approximate surface area is 244 Å². The lowest BCUT2D eigenvalue weighted by atomic mass is 9.97. The molecule has 216 valence electrons. The Morgan fingerprint density at radius 3 is 2.39 bits per heavy atom. The van der Waals surface area contributed by atoms with E-state index < -0.39 is 6.29 Å². The van der Waals surface area contributed by atoms with Crippen molar-refractivity contribution in [1.29, 1.82) is 0 Å². The molecule has 2 aliphatic rings. The van der Waals surface area contributed by atoms with Gasteiger partial charge in [-0.15, -0.1) is 6.58 Å². The highest BCUT2D eigenvalue weighted by atomic mass is 16.7. The second-order valence-electron chi connectivity index (χ2n) is 11.2. The van der Waals surface area contributed by atoms with Crippen LogP contribution in [0.25, 0.3) is 11.1 Å². The van der Waals surface area contributed by atoms with Crippen LogP contribution in [0, 0.1) is 0 Å². The minimum atomic E-state index is -0.492. The number of hydrogen-bond donors (Lipinski definition) is 2. The lowest BCUT2D eigenvalue weighted by Crippen LogP contribution is -2.43. The van der Waals surface area contributed by atoms with Gasteiger partial charge in [0.25, 0.3) is 0 Å². The van der Waals surface area contributed by atoms with Crippen LogP contribution in [0.5, 0.6) is 0 Å². The molecule has 1 aliphatic carbocycles. The van der Waals surface area contributed by atoms with Crippen LogP contribution in [-0.4, -0.2) is 41.1 Å². The number of nitrogens with zero attached hydrogens (tertiary/aromatic N) is 1. The highest BCUT2D eigenvalue weighted by molar-refractivity contribution is 5.74. The molecule has 0 radical (unpaired) electrons. The van der Waals surface area contributed by atoms with Gasteiger partial charge in [0.1, 0.15) is 0 Å². The topological polar surface area (TPSA) is 71.0 Å². The highest BCUT2D eigenvalue weighted by Crippen LogP contribution is 2.39. The molecule has 0 aromatic heterocycles. The maximum atomic E-state index is 11.5. The first-order valence-corrected chi connectivity index (χ1v) is 14.8. The first-order chi connectivity index (χ1) is 20.0. The molecule has 3 aromatic carbocycles. The van der Waals surface area contributed by atoms with Crippen molar-refractivity contribution in [3.05, 3.63) is 108 Å². The molecule has 6 heteroatoms. The summed E-state index contributed by atoms with van der Waals surface area (Å²) in [4.78, 5) is 14.0. The van der Waals surface area contributed by atoms with E-state index in [1.165, 1.54) is 32.6 Å². The largest absolute Gasteiger partial charge is 0.392 e. The summed E-state index contributed by atoms with van der Waals surface area (Å²) in [6.45, 7) is 7.77. The molecule has 2 fully saturated rings. The van der Waals surface area contributed by atoms with Crippen molar-refractivity contribution in [2.24, 2.45) is 0 Å². The molecular formula is C35H42N2O4. The molecule has 5 rings (SSSR count). The zero-order valence-electron chi connectivity index (χ0n) is 24.0. The van der Waals surface area contributed by atoms with Crippen molar-refractivity contribution in [3.8, 4) is 11.1 Å². The van der Waals surface area contributed by atoms with Gasteiger partial charge in [0.05, 0.1) is 18.8 Å². The number of aliphatic hydroxyl groups is 1. The summed E-state index contributed by atoms with van der Waals surface area (Å²) in [5.74, 6) is -0.0450. The van der Waals surface area contributed by atoms with E-state index in [9.17, 15) is 9.90 Å². The first kappa shape index (κ1) is 29.2. The Kier molecular flexibility index (Phi) is 10.0. The van der Waals surface area contributed by atoms with E-state index in [1.807, 2.05) is 36.4 Å². The van der Waals surface area contributed by atoms with Crippen LogP contribution in [0.15, 0.2) is 85.5 Å². The number of carbonyl (C=O) groups is 1. The number of carbonyl (C=O) groups excluding carboxylic acids is 1. The molecular weight excluding hydrogens is 512 g/mol. The van der Waals surface area contributed by atoms with Crippen LogP contribution >= 0.6 is 0 Å². The third-order valence-electron chi connectivity index (χ3n) is 8.30. The summed E-state index contributed by atoms with van der Waals surface area (Å²) < 4.78 is 13.2. The Balaban J connectivity index is 1.38. The molecule has 3 aromatic rings. The summed E-state index contributed by atoms with van der Waals surface area (Å²) in [5.41, 5.74) is 6.21. The van der Waals surface area contributed by atoms with Gasteiger partial charge >= 0.3 is 0 Å². The second kappa shape index (κ2) is 14.1. The zero-order valence-corrected chi connectivity index (χ0v) is 24.0.